The van der Waals surface area contributed by atoms with Crippen LogP contribution in [-0.4, -0.2) is 26.3 Å². The van der Waals surface area contributed by atoms with E-state index in [2.05, 4.69) is 26.8 Å². The summed E-state index contributed by atoms with van der Waals surface area (Å²) >= 11 is 0. The fraction of sp³-hybridized carbons (Fsp3) is 0.708. The molecule has 0 N–H and O–H groups in total. The van der Waals surface area contributed by atoms with Gasteiger partial charge in [-0.2, -0.15) is 0 Å². The number of hydrogen-bond donors (Lipinski definition) is 0. The SMILES string of the molecule is CCCCCCC.COCCCCOC(=O)c1ccc(C2CCC2)c(C)c1. The van der Waals surface area contributed by atoms with Crippen molar-refractivity contribution in [2.45, 2.75) is 90.9 Å². The zero-order valence-corrected chi connectivity index (χ0v) is 18.0. The molecular weight excluding hydrogens is 336 g/mol. The van der Waals surface area contributed by atoms with E-state index in [-0.39, 0.29) is 5.97 Å². The molecule has 0 bridgehead atoms. The van der Waals surface area contributed by atoms with Crippen LogP contribution in [-0.2, 0) is 9.47 Å². The molecule has 1 aliphatic carbocycles. The van der Waals surface area contributed by atoms with Gasteiger partial charge in [-0.05, 0) is 61.8 Å². The Labute approximate surface area is 166 Å². The molecule has 0 radical (unpaired) electrons. The Kier molecular flexibility index (Phi) is 12.9. The van der Waals surface area contributed by atoms with Gasteiger partial charge in [0, 0.05) is 13.7 Å². The Morgan fingerprint density at radius 2 is 1.67 bits per heavy atom. The third-order valence-corrected chi connectivity index (χ3v) is 5.23. The Bertz CT molecular complexity index is 516. The number of aryl methyl sites for hydroxylation is 1. The molecule has 0 amide bonds. The number of hydrogen-bond acceptors (Lipinski definition) is 3. The molecule has 154 valence electrons. The average molecular weight is 377 g/mol. The highest BCUT2D eigenvalue weighted by atomic mass is 16.5. The fourth-order valence-corrected chi connectivity index (χ4v) is 3.25. The van der Waals surface area contributed by atoms with Crippen molar-refractivity contribution < 1.29 is 14.3 Å². The molecule has 0 heterocycles. The monoisotopic (exact) mass is 376 g/mol. The minimum atomic E-state index is -0.217. The van der Waals surface area contributed by atoms with Crippen molar-refractivity contribution >= 4 is 5.97 Å². The van der Waals surface area contributed by atoms with Crippen LogP contribution in [0.15, 0.2) is 18.2 Å². The number of benzene rings is 1. The van der Waals surface area contributed by atoms with E-state index in [1.54, 1.807) is 7.11 Å². The molecule has 0 saturated heterocycles. The molecule has 1 fully saturated rings. The van der Waals surface area contributed by atoms with Gasteiger partial charge in [0.2, 0.25) is 0 Å². The van der Waals surface area contributed by atoms with E-state index in [1.165, 1.54) is 62.5 Å². The van der Waals surface area contributed by atoms with Crippen LogP contribution in [0.2, 0.25) is 0 Å². The van der Waals surface area contributed by atoms with Crippen molar-refractivity contribution in [3.05, 3.63) is 34.9 Å². The molecule has 1 aromatic carbocycles. The van der Waals surface area contributed by atoms with Crippen molar-refractivity contribution in [1.29, 1.82) is 0 Å². The molecule has 3 heteroatoms. The van der Waals surface area contributed by atoms with Crippen LogP contribution in [0, 0.1) is 6.92 Å². The van der Waals surface area contributed by atoms with Gasteiger partial charge in [0.1, 0.15) is 0 Å². The lowest BCUT2D eigenvalue weighted by molar-refractivity contribution is 0.0489. The van der Waals surface area contributed by atoms with Crippen LogP contribution in [0.3, 0.4) is 0 Å². The van der Waals surface area contributed by atoms with Crippen molar-refractivity contribution in [3.8, 4) is 0 Å². The summed E-state index contributed by atoms with van der Waals surface area (Å²) in [4.78, 5) is 11.9. The van der Waals surface area contributed by atoms with Crippen LogP contribution in [0.1, 0.15) is 105 Å². The summed E-state index contributed by atoms with van der Waals surface area (Å²) < 4.78 is 10.2. The van der Waals surface area contributed by atoms with Gasteiger partial charge in [0.15, 0.2) is 0 Å². The summed E-state index contributed by atoms with van der Waals surface area (Å²) in [5.41, 5.74) is 3.27. The number of rotatable bonds is 11. The van der Waals surface area contributed by atoms with Crippen LogP contribution in [0.4, 0.5) is 0 Å². The first-order valence-electron chi connectivity index (χ1n) is 10.9. The van der Waals surface area contributed by atoms with E-state index in [0.717, 1.165) is 12.8 Å². The molecule has 0 atom stereocenters. The second kappa shape index (κ2) is 14.7. The molecule has 0 aliphatic heterocycles. The van der Waals surface area contributed by atoms with Crippen LogP contribution < -0.4 is 0 Å². The molecule has 0 unspecified atom stereocenters. The topological polar surface area (TPSA) is 35.5 Å². The molecular formula is C24H40O3. The summed E-state index contributed by atoms with van der Waals surface area (Å²) in [5.74, 6) is 0.486. The van der Waals surface area contributed by atoms with Crippen molar-refractivity contribution in [1.82, 2.24) is 0 Å². The average Bonchev–Trinajstić information content (AvgIpc) is 2.62. The number of ether oxygens (including phenoxy) is 2. The number of unbranched alkanes of at least 4 members (excludes halogenated alkanes) is 5. The molecule has 3 nitrogen and oxygen atoms in total. The van der Waals surface area contributed by atoms with Gasteiger partial charge in [0.05, 0.1) is 12.2 Å². The maximum absolute atomic E-state index is 11.9. The van der Waals surface area contributed by atoms with Gasteiger partial charge in [-0.1, -0.05) is 58.4 Å². The maximum atomic E-state index is 11.9. The van der Waals surface area contributed by atoms with Crippen molar-refractivity contribution in [2.24, 2.45) is 0 Å². The smallest absolute Gasteiger partial charge is 0.338 e. The Balaban J connectivity index is 0.000000445. The second-order valence-electron chi connectivity index (χ2n) is 7.60. The van der Waals surface area contributed by atoms with Gasteiger partial charge >= 0.3 is 5.97 Å². The third kappa shape index (κ3) is 9.41. The van der Waals surface area contributed by atoms with E-state index in [1.807, 2.05) is 12.1 Å². The zero-order valence-electron chi connectivity index (χ0n) is 18.0. The maximum Gasteiger partial charge on any atom is 0.338 e. The standard InChI is InChI=1S/C17H24O3.C7H16/c1-13-12-15(8-9-16(13)14-6-5-7-14)17(18)20-11-4-3-10-19-2;1-3-5-7-6-4-2/h8-9,12,14H,3-7,10-11H2,1-2H3;3-7H2,1-2H3. The molecule has 1 aliphatic rings. The van der Waals surface area contributed by atoms with E-state index >= 15 is 0 Å². The van der Waals surface area contributed by atoms with Crippen molar-refractivity contribution in [2.75, 3.05) is 20.3 Å². The third-order valence-electron chi connectivity index (χ3n) is 5.23. The highest BCUT2D eigenvalue weighted by Gasteiger charge is 2.21. The highest BCUT2D eigenvalue weighted by Crippen LogP contribution is 2.38. The Hall–Kier alpha value is -1.35. The molecule has 0 aromatic heterocycles. The molecule has 1 aromatic rings. The van der Waals surface area contributed by atoms with Crippen LogP contribution in [0.5, 0.6) is 0 Å². The van der Waals surface area contributed by atoms with E-state index in [9.17, 15) is 4.79 Å². The first-order valence-corrected chi connectivity index (χ1v) is 10.9. The number of carbonyl (C=O) groups excluding carboxylic acids is 1. The van der Waals surface area contributed by atoms with E-state index in [0.29, 0.717) is 24.7 Å². The van der Waals surface area contributed by atoms with Crippen LogP contribution in [0.25, 0.3) is 0 Å². The summed E-state index contributed by atoms with van der Waals surface area (Å²) in [6.07, 6.45) is 12.7. The van der Waals surface area contributed by atoms with E-state index < -0.39 is 0 Å². The first kappa shape index (κ1) is 23.7. The summed E-state index contributed by atoms with van der Waals surface area (Å²) in [6, 6.07) is 5.96. The predicted octanol–water partition coefficient (Wildman–Crippen LogP) is 6.82. The molecule has 0 spiro atoms. The van der Waals surface area contributed by atoms with Gasteiger partial charge < -0.3 is 9.47 Å². The molecule has 1 saturated carbocycles. The molecule has 27 heavy (non-hydrogen) atoms. The Morgan fingerprint density at radius 3 is 2.19 bits per heavy atom. The summed E-state index contributed by atoms with van der Waals surface area (Å²) in [7, 11) is 1.68. The highest BCUT2D eigenvalue weighted by molar-refractivity contribution is 5.89. The van der Waals surface area contributed by atoms with E-state index in [4.69, 9.17) is 9.47 Å². The predicted molar refractivity (Wildman–Crippen MR) is 114 cm³/mol. The van der Waals surface area contributed by atoms with Gasteiger partial charge in [0.25, 0.3) is 0 Å². The van der Waals surface area contributed by atoms with Gasteiger partial charge in [-0.25, -0.2) is 4.79 Å². The molecule has 2 rings (SSSR count). The number of methoxy groups -OCH3 is 1. The minimum Gasteiger partial charge on any atom is -0.462 e. The second-order valence-corrected chi connectivity index (χ2v) is 7.60. The zero-order chi connectivity index (χ0) is 19.9. The van der Waals surface area contributed by atoms with Gasteiger partial charge in [-0.3, -0.25) is 0 Å². The summed E-state index contributed by atoms with van der Waals surface area (Å²) in [6.45, 7) is 7.76. The first-order chi connectivity index (χ1) is 13.1. The largest absolute Gasteiger partial charge is 0.462 e. The fourth-order valence-electron chi connectivity index (χ4n) is 3.25. The summed E-state index contributed by atoms with van der Waals surface area (Å²) in [5, 5.41) is 0. The number of esters is 1. The lowest BCUT2D eigenvalue weighted by Gasteiger charge is -2.27. The quantitative estimate of drug-likeness (QED) is 0.314. The number of carbonyl (C=O) groups is 1. The lowest BCUT2D eigenvalue weighted by Crippen LogP contribution is -2.12. The van der Waals surface area contributed by atoms with Gasteiger partial charge in [-0.15, -0.1) is 0 Å². The van der Waals surface area contributed by atoms with Crippen LogP contribution >= 0.6 is 0 Å². The van der Waals surface area contributed by atoms with Crippen molar-refractivity contribution in [3.63, 3.8) is 0 Å². The normalized spacial score (nSPS) is 13.5. The Morgan fingerprint density at radius 1 is 1.00 bits per heavy atom. The lowest BCUT2D eigenvalue weighted by atomic mass is 9.78. The minimum absolute atomic E-state index is 0.217.